The summed E-state index contributed by atoms with van der Waals surface area (Å²) in [5.74, 6) is -0.0321. The molecule has 6 heteroatoms. The Morgan fingerprint density at radius 3 is 2.08 bits per heavy atom. The minimum Gasteiger partial charge on any atom is -0.481 e. The number of carbonyl (C=O) groups is 2. The first-order valence-corrected chi connectivity index (χ1v) is 12.1. The summed E-state index contributed by atoms with van der Waals surface area (Å²) in [5.41, 5.74) is 5.71. The molecule has 1 aliphatic carbocycles. The Balaban J connectivity index is 1.30. The van der Waals surface area contributed by atoms with Crippen molar-refractivity contribution in [1.29, 1.82) is 0 Å². The molecule has 0 spiro atoms. The van der Waals surface area contributed by atoms with E-state index in [1.165, 1.54) is 0 Å². The van der Waals surface area contributed by atoms with Crippen LogP contribution in [0.25, 0.3) is 22.5 Å². The van der Waals surface area contributed by atoms with Gasteiger partial charge in [0, 0.05) is 30.3 Å². The van der Waals surface area contributed by atoms with Crippen LogP contribution in [0.1, 0.15) is 36.1 Å². The molecule has 0 bridgehead atoms. The van der Waals surface area contributed by atoms with Crippen molar-refractivity contribution >= 4 is 17.6 Å². The second kappa shape index (κ2) is 9.46. The molecule has 0 radical (unpaired) electrons. The third-order valence-corrected chi connectivity index (χ3v) is 7.17. The highest BCUT2D eigenvalue weighted by Crippen LogP contribution is 2.48. The van der Waals surface area contributed by atoms with Crippen LogP contribution in [0.4, 0.5) is 5.69 Å². The highest BCUT2D eigenvalue weighted by molar-refractivity contribution is 5.93. The molecule has 5 rings (SSSR count). The van der Waals surface area contributed by atoms with Crippen LogP contribution in [-0.4, -0.2) is 29.2 Å². The van der Waals surface area contributed by atoms with Crippen LogP contribution >= 0.6 is 0 Å². The van der Waals surface area contributed by atoms with Crippen molar-refractivity contribution < 1.29 is 19.2 Å². The van der Waals surface area contributed by atoms with Gasteiger partial charge in [-0.05, 0) is 55.0 Å². The van der Waals surface area contributed by atoms with Gasteiger partial charge >= 0.3 is 5.97 Å². The Labute approximate surface area is 210 Å². The monoisotopic (exact) mass is 480 g/mol. The van der Waals surface area contributed by atoms with Crippen LogP contribution in [0.3, 0.4) is 0 Å². The molecule has 4 aromatic rings. The van der Waals surface area contributed by atoms with Gasteiger partial charge in [-0.25, -0.2) is 0 Å². The zero-order chi connectivity index (χ0) is 25.3. The lowest BCUT2D eigenvalue weighted by molar-refractivity contribution is -0.140. The van der Waals surface area contributed by atoms with Crippen LogP contribution in [0, 0.1) is 6.92 Å². The summed E-state index contributed by atoms with van der Waals surface area (Å²) in [4.78, 5) is 26.0. The summed E-state index contributed by atoms with van der Waals surface area (Å²) in [5, 5.41) is 13.7. The van der Waals surface area contributed by atoms with E-state index in [1.807, 2.05) is 85.8 Å². The lowest BCUT2D eigenvalue weighted by Gasteiger charge is -2.17. The second-order valence-electron chi connectivity index (χ2n) is 9.41. The Morgan fingerprint density at radius 1 is 0.917 bits per heavy atom. The molecule has 36 heavy (non-hydrogen) atoms. The molecule has 1 amide bonds. The zero-order valence-corrected chi connectivity index (χ0v) is 20.4. The average Bonchev–Trinajstić information content (AvgIpc) is 3.65. The van der Waals surface area contributed by atoms with Crippen molar-refractivity contribution in [2.75, 3.05) is 11.9 Å². The minimum atomic E-state index is -0.744. The second-order valence-corrected chi connectivity index (χ2v) is 9.41. The van der Waals surface area contributed by atoms with E-state index in [9.17, 15) is 14.7 Å². The number of carboxylic acids is 1. The maximum atomic E-state index is 12.8. The Bertz CT molecular complexity index is 1390. The summed E-state index contributed by atoms with van der Waals surface area (Å²) in [6.45, 7) is 1.90. The summed E-state index contributed by atoms with van der Waals surface area (Å²) in [6.07, 6.45) is 2.28. The number of rotatable bonds is 8. The highest BCUT2D eigenvalue weighted by Gasteiger charge is 2.51. The fourth-order valence-corrected chi connectivity index (χ4v) is 4.65. The van der Waals surface area contributed by atoms with Crippen molar-refractivity contribution in [1.82, 2.24) is 5.16 Å². The summed E-state index contributed by atoms with van der Waals surface area (Å²) in [6, 6.07) is 25.4. The average molecular weight is 481 g/mol. The van der Waals surface area contributed by atoms with Crippen molar-refractivity contribution in [2.24, 2.45) is 0 Å². The van der Waals surface area contributed by atoms with Gasteiger partial charge in [0.2, 0.25) is 5.91 Å². The molecule has 1 heterocycles. The van der Waals surface area contributed by atoms with Gasteiger partial charge in [0.1, 0.15) is 0 Å². The number of carboxylic acid groups (broad SMARTS) is 1. The van der Waals surface area contributed by atoms with Crippen LogP contribution in [0.2, 0.25) is 0 Å². The summed E-state index contributed by atoms with van der Waals surface area (Å²) < 4.78 is 5.66. The fourth-order valence-electron chi connectivity index (χ4n) is 4.65. The van der Waals surface area contributed by atoms with E-state index in [4.69, 9.17) is 4.52 Å². The first-order chi connectivity index (χ1) is 17.4. The smallest absolute Gasteiger partial charge is 0.314 e. The number of hydrogen-bond acceptors (Lipinski definition) is 4. The molecule has 3 aromatic carbocycles. The SMILES string of the molecule is Cc1noc(-c2ccc(-c3ccc(C4(C(=O)O)CC4)cc3)cc2)c1CCC(=O)N(C)c1ccccc1. The minimum absolute atomic E-state index is 0.0300. The number of carbonyl (C=O) groups excluding carboxylic acids is 1. The van der Waals surface area contributed by atoms with Crippen LogP contribution in [0.15, 0.2) is 83.4 Å². The molecule has 1 aromatic heterocycles. The predicted octanol–water partition coefficient (Wildman–Crippen LogP) is 6.03. The van der Waals surface area contributed by atoms with E-state index in [-0.39, 0.29) is 5.91 Å². The van der Waals surface area contributed by atoms with Gasteiger partial charge < -0.3 is 14.5 Å². The van der Waals surface area contributed by atoms with Gasteiger partial charge in [-0.1, -0.05) is 71.9 Å². The van der Waals surface area contributed by atoms with Gasteiger partial charge in [0.05, 0.1) is 11.1 Å². The normalized spacial score (nSPS) is 13.8. The number of para-hydroxylation sites is 1. The van der Waals surface area contributed by atoms with Gasteiger partial charge in [-0.3, -0.25) is 9.59 Å². The molecule has 0 unspecified atom stereocenters. The number of anilines is 1. The number of benzene rings is 3. The Kier molecular flexibility index (Phi) is 6.18. The van der Waals surface area contributed by atoms with Crippen LogP contribution in [-0.2, 0) is 21.4 Å². The van der Waals surface area contributed by atoms with E-state index in [0.717, 1.165) is 39.2 Å². The summed E-state index contributed by atoms with van der Waals surface area (Å²) >= 11 is 0. The van der Waals surface area contributed by atoms with Crippen LogP contribution < -0.4 is 4.90 Å². The fraction of sp³-hybridized carbons (Fsp3) is 0.233. The predicted molar refractivity (Wildman–Crippen MR) is 139 cm³/mol. The maximum Gasteiger partial charge on any atom is 0.314 e. The molecular formula is C30H28N2O4. The molecule has 1 aliphatic rings. The number of nitrogens with zero attached hydrogens (tertiary/aromatic N) is 2. The standard InChI is InChI=1S/C30H28N2O4/c1-20-26(16-17-27(33)32(2)25-6-4-3-5-7-25)28(36-31-20)23-10-8-21(9-11-23)22-12-14-24(15-13-22)30(18-19-30)29(34)35/h3-15H,16-19H2,1-2H3,(H,34,35). The highest BCUT2D eigenvalue weighted by atomic mass is 16.5. The zero-order valence-electron chi connectivity index (χ0n) is 20.4. The molecule has 0 saturated heterocycles. The van der Waals surface area contributed by atoms with E-state index >= 15 is 0 Å². The van der Waals surface area contributed by atoms with E-state index in [2.05, 4.69) is 5.16 Å². The van der Waals surface area contributed by atoms with Crippen LogP contribution in [0.5, 0.6) is 0 Å². The number of hydrogen-bond donors (Lipinski definition) is 1. The third-order valence-electron chi connectivity index (χ3n) is 7.17. The van der Waals surface area contributed by atoms with Crippen molar-refractivity contribution in [3.8, 4) is 22.5 Å². The maximum absolute atomic E-state index is 12.8. The lowest BCUT2D eigenvalue weighted by Crippen LogP contribution is -2.26. The summed E-state index contributed by atoms with van der Waals surface area (Å²) in [7, 11) is 1.79. The van der Waals surface area contributed by atoms with Crippen molar-refractivity contribution in [3.63, 3.8) is 0 Å². The molecule has 182 valence electrons. The topological polar surface area (TPSA) is 83.6 Å². The Morgan fingerprint density at radius 2 is 1.50 bits per heavy atom. The molecule has 1 saturated carbocycles. The van der Waals surface area contributed by atoms with Crippen molar-refractivity contribution in [2.45, 2.75) is 38.0 Å². The van der Waals surface area contributed by atoms with Gasteiger partial charge in [-0.15, -0.1) is 0 Å². The molecule has 1 N–H and O–H groups in total. The first-order valence-electron chi connectivity index (χ1n) is 12.1. The number of aryl methyl sites for hydroxylation is 1. The number of aliphatic carboxylic acids is 1. The lowest BCUT2D eigenvalue weighted by atomic mass is 9.93. The van der Waals surface area contributed by atoms with Crippen molar-refractivity contribution in [3.05, 3.63) is 95.7 Å². The largest absolute Gasteiger partial charge is 0.481 e. The van der Waals surface area contributed by atoms with E-state index < -0.39 is 11.4 Å². The Hall–Kier alpha value is -4.19. The molecule has 0 atom stereocenters. The van der Waals surface area contributed by atoms with E-state index in [1.54, 1.807) is 11.9 Å². The number of aromatic nitrogens is 1. The molecular weight excluding hydrogens is 452 g/mol. The van der Waals surface area contributed by atoms with Gasteiger partial charge in [0.15, 0.2) is 5.76 Å². The van der Waals surface area contributed by atoms with Gasteiger partial charge in [-0.2, -0.15) is 0 Å². The quantitative estimate of drug-likeness (QED) is 0.333. The third kappa shape index (κ3) is 4.42. The number of amides is 1. The molecule has 0 aliphatic heterocycles. The molecule has 6 nitrogen and oxygen atoms in total. The van der Waals surface area contributed by atoms with Gasteiger partial charge in [0.25, 0.3) is 0 Å². The molecule has 1 fully saturated rings. The van der Waals surface area contributed by atoms with E-state index in [0.29, 0.717) is 31.4 Å². The first kappa shape index (κ1) is 23.5.